The summed E-state index contributed by atoms with van der Waals surface area (Å²) < 4.78 is 40.0. The number of carboxylic acid groups (broad SMARTS) is 1. The van der Waals surface area contributed by atoms with Gasteiger partial charge in [0.2, 0.25) is 5.91 Å². The number of piperidine rings is 1. The molecule has 0 aromatic heterocycles. The summed E-state index contributed by atoms with van der Waals surface area (Å²) >= 11 is 0. The van der Waals surface area contributed by atoms with E-state index in [9.17, 15) is 22.8 Å². The Morgan fingerprint density at radius 3 is 2.27 bits per heavy atom. The van der Waals surface area contributed by atoms with Gasteiger partial charge in [-0.2, -0.15) is 0 Å². The van der Waals surface area contributed by atoms with Crippen molar-refractivity contribution in [2.45, 2.75) is 25.7 Å². The molecule has 6 nitrogen and oxygen atoms in total. The number of carboxylic acids is 1. The molecule has 2 rings (SSSR count). The predicted octanol–water partition coefficient (Wildman–Crippen LogP) is 2.42. The number of carbonyl (C=O) groups excluding carboxylic acids is 1. The molecule has 0 spiro atoms. The molecule has 1 fully saturated rings. The molecule has 0 saturated carbocycles. The minimum atomic E-state index is -4.73. The van der Waals surface area contributed by atoms with Gasteiger partial charge < -0.3 is 15.2 Å². The zero-order valence-corrected chi connectivity index (χ0v) is 14.6. The zero-order valence-electron chi connectivity index (χ0n) is 13.8. The van der Waals surface area contributed by atoms with Crippen LogP contribution in [0.4, 0.5) is 13.2 Å². The Morgan fingerprint density at radius 2 is 1.77 bits per heavy atom. The molecule has 146 valence electrons. The van der Waals surface area contributed by atoms with Crippen molar-refractivity contribution in [3.8, 4) is 5.75 Å². The Balaban J connectivity index is 0.00000338. The van der Waals surface area contributed by atoms with E-state index in [0.717, 1.165) is 0 Å². The number of nitrogens with one attached hydrogen (secondary N) is 1. The fourth-order valence-corrected chi connectivity index (χ4v) is 2.61. The van der Waals surface area contributed by atoms with E-state index in [1.807, 2.05) is 4.90 Å². The smallest absolute Gasteiger partial charge is 0.481 e. The maximum Gasteiger partial charge on any atom is 0.573 e. The van der Waals surface area contributed by atoms with Crippen LogP contribution < -0.4 is 10.1 Å². The van der Waals surface area contributed by atoms with Crippen molar-refractivity contribution in [3.63, 3.8) is 0 Å². The molecule has 1 aliphatic rings. The van der Waals surface area contributed by atoms with Gasteiger partial charge in [-0.05, 0) is 43.6 Å². The molecule has 26 heavy (non-hydrogen) atoms. The fourth-order valence-electron chi connectivity index (χ4n) is 2.61. The molecular formula is C16H20ClF3N2O4. The first-order valence-electron chi connectivity index (χ1n) is 7.79. The summed E-state index contributed by atoms with van der Waals surface area (Å²) in [6.07, 6.45) is -3.70. The molecule has 10 heteroatoms. The molecule has 1 aromatic carbocycles. The van der Waals surface area contributed by atoms with Crippen molar-refractivity contribution >= 4 is 24.3 Å². The molecule has 1 aliphatic heterocycles. The second-order valence-electron chi connectivity index (χ2n) is 5.86. The van der Waals surface area contributed by atoms with Crippen molar-refractivity contribution in [2.24, 2.45) is 5.92 Å². The Bertz CT molecular complexity index is 603. The second-order valence-corrected chi connectivity index (χ2v) is 5.86. The van der Waals surface area contributed by atoms with Crippen molar-refractivity contribution in [2.75, 3.05) is 19.6 Å². The maximum atomic E-state index is 12.1. The number of benzene rings is 1. The van der Waals surface area contributed by atoms with E-state index >= 15 is 0 Å². The summed E-state index contributed by atoms with van der Waals surface area (Å²) in [5.41, 5.74) is 0.646. The summed E-state index contributed by atoms with van der Waals surface area (Å²) in [7, 11) is 0. The number of ether oxygens (including phenoxy) is 1. The summed E-state index contributed by atoms with van der Waals surface area (Å²) in [5, 5.41) is 11.6. The minimum absolute atomic E-state index is 0. The first-order chi connectivity index (χ1) is 11.7. The van der Waals surface area contributed by atoms with Crippen LogP contribution in [0.25, 0.3) is 0 Å². The van der Waals surface area contributed by atoms with E-state index in [-0.39, 0.29) is 43.1 Å². The predicted molar refractivity (Wildman–Crippen MR) is 89.0 cm³/mol. The molecule has 1 saturated heterocycles. The van der Waals surface area contributed by atoms with Gasteiger partial charge in [0, 0.05) is 6.54 Å². The molecule has 0 aliphatic carbocycles. The average Bonchev–Trinajstić information content (AvgIpc) is 2.53. The number of likely N-dealkylation sites (tertiary alicyclic amines) is 1. The number of nitrogens with zero attached hydrogens (tertiary/aromatic N) is 1. The Labute approximate surface area is 154 Å². The Kier molecular flexibility index (Phi) is 8.16. The summed E-state index contributed by atoms with van der Waals surface area (Å²) in [6.45, 7) is 1.46. The Hall–Kier alpha value is -2.00. The Morgan fingerprint density at radius 1 is 1.19 bits per heavy atom. The summed E-state index contributed by atoms with van der Waals surface area (Å²) in [4.78, 5) is 24.7. The first kappa shape index (κ1) is 22.0. The fraction of sp³-hybridized carbons (Fsp3) is 0.500. The number of rotatable bonds is 6. The quantitative estimate of drug-likeness (QED) is 0.772. The lowest BCUT2D eigenvalue weighted by atomic mass is 9.97. The van der Waals surface area contributed by atoms with Crippen LogP contribution in [0.3, 0.4) is 0 Å². The number of amides is 1. The molecule has 0 unspecified atom stereocenters. The van der Waals surface area contributed by atoms with Crippen LogP contribution in [-0.4, -0.2) is 47.9 Å². The number of carbonyl (C=O) groups is 2. The van der Waals surface area contributed by atoms with Crippen LogP contribution >= 0.6 is 12.4 Å². The van der Waals surface area contributed by atoms with E-state index in [1.54, 1.807) is 0 Å². The third-order valence-corrected chi connectivity index (χ3v) is 3.95. The second kappa shape index (κ2) is 9.63. The van der Waals surface area contributed by atoms with E-state index < -0.39 is 12.3 Å². The van der Waals surface area contributed by atoms with Crippen LogP contribution in [0.1, 0.15) is 18.4 Å². The number of aliphatic carboxylic acids is 1. The van der Waals surface area contributed by atoms with Gasteiger partial charge in [-0.3, -0.25) is 14.5 Å². The van der Waals surface area contributed by atoms with Gasteiger partial charge in [-0.25, -0.2) is 0 Å². The summed E-state index contributed by atoms with van der Waals surface area (Å²) in [6, 6.07) is 5.26. The van der Waals surface area contributed by atoms with Gasteiger partial charge in [0.15, 0.2) is 0 Å². The lowest BCUT2D eigenvalue weighted by Crippen LogP contribution is -2.42. The standard InChI is InChI=1S/C16H19F3N2O4.ClH/c17-16(18,19)25-13-3-1-11(2-4-13)9-20-14(22)10-21-7-5-12(6-8-21)15(23)24;/h1-4,12H,5-10H2,(H,20,22)(H,23,24);1H. The number of halogens is 4. The average molecular weight is 397 g/mol. The highest BCUT2D eigenvalue weighted by Gasteiger charge is 2.31. The minimum Gasteiger partial charge on any atom is -0.481 e. The molecule has 0 bridgehead atoms. The van der Waals surface area contributed by atoms with Crippen molar-refractivity contribution in [1.82, 2.24) is 10.2 Å². The van der Waals surface area contributed by atoms with Gasteiger partial charge in [0.05, 0.1) is 12.5 Å². The van der Waals surface area contributed by atoms with E-state index in [2.05, 4.69) is 10.1 Å². The van der Waals surface area contributed by atoms with Gasteiger partial charge in [-0.15, -0.1) is 25.6 Å². The highest BCUT2D eigenvalue weighted by Crippen LogP contribution is 2.22. The van der Waals surface area contributed by atoms with Crippen molar-refractivity contribution < 1.29 is 32.6 Å². The zero-order chi connectivity index (χ0) is 18.4. The molecule has 1 amide bonds. The largest absolute Gasteiger partial charge is 0.573 e. The maximum absolute atomic E-state index is 12.1. The first-order valence-corrected chi connectivity index (χ1v) is 7.79. The number of hydrogen-bond acceptors (Lipinski definition) is 4. The highest BCUT2D eigenvalue weighted by atomic mass is 35.5. The highest BCUT2D eigenvalue weighted by molar-refractivity contribution is 5.85. The van der Waals surface area contributed by atoms with Crippen molar-refractivity contribution in [3.05, 3.63) is 29.8 Å². The van der Waals surface area contributed by atoms with E-state index in [4.69, 9.17) is 5.11 Å². The SMILES string of the molecule is Cl.O=C(CN1CCC(C(=O)O)CC1)NCc1ccc(OC(F)(F)F)cc1. The van der Waals surface area contributed by atoms with Crippen LogP contribution in [-0.2, 0) is 16.1 Å². The molecule has 0 atom stereocenters. The van der Waals surface area contributed by atoms with Crippen LogP contribution in [0, 0.1) is 5.92 Å². The van der Waals surface area contributed by atoms with Gasteiger partial charge in [-0.1, -0.05) is 12.1 Å². The third kappa shape index (κ3) is 7.49. The van der Waals surface area contributed by atoms with Gasteiger partial charge in [0.1, 0.15) is 5.75 Å². The van der Waals surface area contributed by atoms with Gasteiger partial charge in [0.25, 0.3) is 0 Å². The molecule has 1 aromatic rings. The molecule has 0 radical (unpaired) electrons. The topological polar surface area (TPSA) is 78.9 Å². The lowest BCUT2D eigenvalue weighted by Gasteiger charge is -2.29. The van der Waals surface area contributed by atoms with Crippen molar-refractivity contribution in [1.29, 1.82) is 0 Å². The summed E-state index contributed by atoms with van der Waals surface area (Å²) in [5.74, 6) is -1.69. The van der Waals surface area contributed by atoms with Gasteiger partial charge >= 0.3 is 12.3 Å². The van der Waals surface area contributed by atoms with Crippen LogP contribution in [0.5, 0.6) is 5.75 Å². The van der Waals surface area contributed by atoms with E-state index in [1.165, 1.54) is 24.3 Å². The third-order valence-electron chi connectivity index (χ3n) is 3.95. The number of alkyl halides is 3. The molecular weight excluding hydrogens is 377 g/mol. The molecule has 2 N–H and O–H groups in total. The van der Waals surface area contributed by atoms with Crippen LogP contribution in [0.15, 0.2) is 24.3 Å². The lowest BCUT2D eigenvalue weighted by molar-refractivity contribution is -0.274. The normalized spacial score (nSPS) is 15.8. The number of hydrogen-bond donors (Lipinski definition) is 2. The van der Waals surface area contributed by atoms with E-state index in [0.29, 0.717) is 31.5 Å². The molecule has 1 heterocycles. The van der Waals surface area contributed by atoms with Crippen LogP contribution in [0.2, 0.25) is 0 Å². The monoisotopic (exact) mass is 396 g/mol.